The number of carbonyl (C=O) groups is 2. The fourth-order valence-electron chi connectivity index (χ4n) is 4.93. The predicted octanol–water partition coefficient (Wildman–Crippen LogP) is 3.44. The molecule has 2 aliphatic rings. The Hall–Kier alpha value is -3.44. The lowest BCUT2D eigenvalue weighted by molar-refractivity contribution is -0.144. The standard InChI is InChI=1S/C25H24ClF3N6O2/c26-17-4-1-15(2-5-17)23(37)34-11-9-33(10-12-34)18-7-8-35(14-18)22-19-13-16(21(30)36)3-6-20(19)31-24(32-22)25(27,28)29/h1-6,13,18H,7-12,14H2,(H2,30,36). The van der Waals surface area contributed by atoms with E-state index in [0.717, 1.165) is 6.42 Å². The largest absolute Gasteiger partial charge is 0.451 e. The zero-order valence-corrected chi connectivity index (χ0v) is 20.5. The molecule has 5 rings (SSSR count). The number of halogens is 4. The van der Waals surface area contributed by atoms with Gasteiger partial charge in [0.05, 0.1) is 5.52 Å². The normalized spacial score (nSPS) is 19.0. The number of alkyl halides is 3. The maximum absolute atomic E-state index is 13.5. The highest BCUT2D eigenvalue weighted by molar-refractivity contribution is 6.30. The van der Waals surface area contributed by atoms with Gasteiger partial charge in [-0.15, -0.1) is 0 Å². The van der Waals surface area contributed by atoms with E-state index in [-0.39, 0.29) is 28.8 Å². The van der Waals surface area contributed by atoms with Crippen LogP contribution in [-0.4, -0.2) is 76.9 Å². The second-order valence-corrected chi connectivity index (χ2v) is 9.62. The van der Waals surface area contributed by atoms with Gasteiger partial charge in [0.2, 0.25) is 11.7 Å². The molecular weight excluding hydrogens is 509 g/mol. The molecule has 37 heavy (non-hydrogen) atoms. The lowest BCUT2D eigenvalue weighted by Gasteiger charge is -2.38. The van der Waals surface area contributed by atoms with Crippen LogP contribution in [0.15, 0.2) is 42.5 Å². The highest BCUT2D eigenvalue weighted by Gasteiger charge is 2.38. The van der Waals surface area contributed by atoms with Gasteiger partial charge in [-0.25, -0.2) is 9.97 Å². The van der Waals surface area contributed by atoms with Crippen molar-refractivity contribution in [3.8, 4) is 0 Å². The van der Waals surface area contributed by atoms with Crippen LogP contribution < -0.4 is 10.6 Å². The summed E-state index contributed by atoms with van der Waals surface area (Å²) in [6.07, 6.45) is -3.98. The molecule has 2 aliphatic heterocycles. The Balaban J connectivity index is 1.32. The smallest absolute Gasteiger partial charge is 0.366 e. The Labute approximate surface area is 215 Å². The second-order valence-electron chi connectivity index (χ2n) is 9.19. The third kappa shape index (κ3) is 5.19. The number of aromatic nitrogens is 2. The molecular formula is C25H24ClF3N6O2. The van der Waals surface area contributed by atoms with Gasteiger partial charge in [0.25, 0.3) is 5.91 Å². The molecule has 194 valence electrons. The summed E-state index contributed by atoms with van der Waals surface area (Å²) < 4.78 is 40.6. The number of rotatable bonds is 4. The monoisotopic (exact) mass is 532 g/mol. The molecule has 2 fully saturated rings. The van der Waals surface area contributed by atoms with Crippen LogP contribution in [0.25, 0.3) is 10.9 Å². The molecule has 2 N–H and O–H groups in total. The number of nitrogens with zero attached hydrogens (tertiary/aromatic N) is 5. The first-order valence-electron chi connectivity index (χ1n) is 11.8. The van der Waals surface area contributed by atoms with Gasteiger partial charge >= 0.3 is 6.18 Å². The number of primary amides is 1. The first-order valence-corrected chi connectivity index (χ1v) is 12.2. The number of nitrogens with two attached hydrogens (primary N) is 1. The molecule has 1 atom stereocenters. The summed E-state index contributed by atoms with van der Waals surface area (Å²) in [5.41, 5.74) is 6.24. The summed E-state index contributed by atoms with van der Waals surface area (Å²) >= 11 is 5.91. The summed E-state index contributed by atoms with van der Waals surface area (Å²) in [4.78, 5) is 37.9. The fourth-order valence-corrected chi connectivity index (χ4v) is 5.06. The third-order valence-corrected chi connectivity index (χ3v) is 7.14. The van der Waals surface area contributed by atoms with E-state index in [9.17, 15) is 22.8 Å². The van der Waals surface area contributed by atoms with Crippen LogP contribution in [0, 0.1) is 0 Å². The van der Waals surface area contributed by atoms with Crippen molar-refractivity contribution in [2.75, 3.05) is 44.2 Å². The highest BCUT2D eigenvalue weighted by atomic mass is 35.5. The van der Waals surface area contributed by atoms with Crippen LogP contribution in [-0.2, 0) is 6.18 Å². The third-order valence-electron chi connectivity index (χ3n) is 6.89. The van der Waals surface area contributed by atoms with Crippen molar-refractivity contribution in [3.63, 3.8) is 0 Å². The Morgan fingerprint density at radius 3 is 2.27 bits per heavy atom. The van der Waals surface area contributed by atoms with Crippen molar-refractivity contribution < 1.29 is 22.8 Å². The molecule has 1 unspecified atom stereocenters. The molecule has 2 saturated heterocycles. The molecule has 2 aromatic carbocycles. The Kier molecular flexibility index (Phi) is 6.67. The quantitative estimate of drug-likeness (QED) is 0.553. The molecule has 0 saturated carbocycles. The van der Waals surface area contributed by atoms with E-state index in [1.54, 1.807) is 34.1 Å². The molecule has 2 amide bonds. The average molecular weight is 533 g/mol. The lowest BCUT2D eigenvalue weighted by Crippen LogP contribution is -2.52. The lowest BCUT2D eigenvalue weighted by atomic mass is 10.1. The van der Waals surface area contributed by atoms with Gasteiger partial charge in [0, 0.05) is 66.8 Å². The maximum Gasteiger partial charge on any atom is 0.451 e. The van der Waals surface area contributed by atoms with Crippen molar-refractivity contribution >= 4 is 40.1 Å². The minimum absolute atomic E-state index is 0.0539. The summed E-state index contributed by atoms with van der Waals surface area (Å²) in [5.74, 6) is -1.82. The summed E-state index contributed by atoms with van der Waals surface area (Å²) in [5, 5.41) is 0.917. The molecule has 3 aromatic rings. The molecule has 0 bridgehead atoms. The van der Waals surface area contributed by atoms with Gasteiger partial charge in [-0.3, -0.25) is 14.5 Å². The molecule has 8 nitrogen and oxygen atoms in total. The zero-order chi connectivity index (χ0) is 26.3. The van der Waals surface area contributed by atoms with Gasteiger partial charge in [0.15, 0.2) is 0 Å². The molecule has 0 spiro atoms. The van der Waals surface area contributed by atoms with Crippen LogP contribution in [0.4, 0.5) is 19.0 Å². The Morgan fingerprint density at radius 2 is 1.62 bits per heavy atom. The molecule has 0 radical (unpaired) electrons. The van der Waals surface area contributed by atoms with E-state index in [2.05, 4.69) is 14.9 Å². The summed E-state index contributed by atoms with van der Waals surface area (Å²) in [6, 6.07) is 11.0. The van der Waals surface area contributed by atoms with E-state index in [0.29, 0.717) is 55.2 Å². The number of fused-ring (bicyclic) bond motifs is 1. The van der Waals surface area contributed by atoms with E-state index >= 15 is 0 Å². The Bertz CT molecular complexity index is 1340. The first kappa shape index (κ1) is 25.2. The Morgan fingerprint density at radius 1 is 0.946 bits per heavy atom. The number of piperazine rings is 1. The van der Waals surface area contributed by atoms with Crippen molar-refractivity contribution in [1.82, 2.24) is 19.8 Å². The minimum atomic E-state index is -4.71. The highest BCUT2D eigenvalue weighted by Crippen LogP contribution is 2.34. The van der Waals surface area contributed by atoms with E-state index in [1.165, 1.54) is 18.2 Å². The van der Waals surface area contributed by atoms with Crippen LogP contribution in [0.2, 0.25) is 5.02 Å². The summed E-state index contributed by atoms with van der Waals surface area (Å²) in [7, 11) is 0. The van der Waals surface area contributed by atoms with Gasteiger partial charge in [-0.1, -0.05) is 11.6 Å². The number of benzene rings is 2. The van der Waals surface area contributed by atoms with Crippen molar-refractivity contribution in [1.29, 1.82) is 0 Å². The van der Waals surface area contributed by atoms with Gasteiger partial charge in [-0.2, -0.15) is 13.2 Å². The molecule has 12 heteroatoms. The van der Waals surface area contributed by atoms with Crippen molar-refractivity contribution in [2.24, 2.45) is 5.73 Å². The van der Waals surface area contributed by atoms with E-state index in [4.69, 9.17) is 17.3 Å². The SMILES string of the molecule is NC(=O)c1ccc2nc(C(F)(F)F)nc(N3CCC(N4CCN(C(=O)c5ccc(Cl)cc5)CC4)C3)c2c1. The fraction of sp³-hybridized carbons (Fsp3) is 0.360. The predicted molar refractivity (Wildman–Crippen MR) is 133 cm³/mol. The second kappa shape index (κ2) is 9.79. The number of anilines is 1. The van der Waals surface area contributed by atoms with E-state index in [1.807, 2.05) is 0 Å². The number of hydrogen-bond donors (Lipinski definition) is 1. The average Bonchev–Trinajstić information content (AvgIpc) is 3.37. The number of hydrogen-bond acceptors (Lipinski definition) is 6. The van der Waals surface area contributed by atoms with Crippen LogP contribution >= 0.6 is 11.6 Å². The van der Waals surface area contributed by atoms with Crippen LogP contribution in [0.3, 0.4) is 0 Å². The maximum atomic E-state index is 13.5. The van der Waals surface area contributed by atoms with Crippen molar-refractivity contribution in [2.45, 2.75) is 18.6 Å². The topological polar surface area (TPSA) is 95.7 Å². The van der Waals surface area contributed by atoms with Gasteiger partial charge in [0.1, 0.15) is 5.82 Å². The number of carbonyl (C=O) groups excluding carboxylic acids is 2. The van der Waals surface area contributed by atoms with Crippen LogP contribution in [0.5, 0.6) is 0 Å². The minimum Gasteiger partial charge on any atom is -0.366 e. The summed E-state index contributed by atoms with van der Waals surface area (Å²) in [6.45, 7) is 3.38. The first-order chi connectivity index (χ1) is 17.6. The molecule has 3 heterocycles. The number of amides is 2. The van der Waals surface area contributed by atoms with E-state index < -0.39 is 17.9 Å². The molecule has 1 aromatic heterocycles. The van der Waals surface area contributed by atoms with Gasteiger partial charge in [-0.05, 0) is 48.9 Å². The van der Waals surface area contributed by atoms with Crippen LogP contribution in [0.1, 0.15) is 33.0 Å². The van der Waals surface area contributed by atoms with Crippen molar-refractivity contribution in [3.05, 3.63) is 64.4 Å². The van der Waals surface area contributed by atoms with Gasteiger partial charge < -0.3 is 15.5 Å². The zero-order valence-electron chi connectivity index (χ0n) is 19.7. The molecule has 0 aliphatic carbocycles.